The zero-order valence-corrected chi connectivity index (χ0v) is 27.3. The molecule has 3 aromatic carbocycles. The fourth-order valence-electron chi connectivity index (χ4n) is 4.29. The Balaban J connectivity index is 0.00000129. The quantitative estimate of drug-likeness (QED) is 0.252. The summed E-state index contributed by atoms with van der Waals surface area (Å²) in [6.45, 7) is 27.9. The van der Waals surface area contributed by atoms with E-state index in [9.17, 15) is 0 Å². The van der Waals surface area contributed by atoms with Crippen LogP contribution in [0.5, 0.6) is 0 Å². The van der Waals surface area contributed by atoms with Gasteiger partial charge >= 0.3 is 37.9 Å². The van der Waals surface area contributed by atoms with Crippen LogP contribution < -0.4 is 0 Å². The van der Waals surface area contributed by atoms with Crippen molar-refractivity contribution >= 4 is 27.8 Å². The summed E-state index contributed by atoms with van der Waals surface area (Å²) < 4.78 is 0. The molecule has 0 heterocycles. The van der Waals surface area contributed by atoms with Crippen molar-refractivity contribution in [2.24, 2.45) is 0 Å². The van der Waals surface area contributed by atoms with Crippen molar-refractivity contribution in [3.05, 3.63) is 64.7 Å². The van der Waals surface area contributed by atoms with Gasteiger partial charge in [0.2, 0.25) is 0 Å². The van der Waals surface area contributed by atoms with Gasteiger partial charge in [0.1, 0.15) is 0 Å². The Hall–Kier alpha value is -0.487. The molecule has 0 fully saturated rings. The van der Waals surface area contributed by atoms with Gasteiger partial charge in [-0.15, -0.1) is 34.5 Å². The van der Waals surface area contributed by atoms with Gasteiger partial charge in [-0.3, -0.25) is 0 Å². The summed E-state index contributed by atoms with van der Waals surface area (Å²) >= 11 is -0.826. The molecular formula is C31H43Cl2Zr-. The van der Waals surface area contributed by atoms with Gasteiger partial charge < -0.3 is 0 Å². The molecule has 0 aliphatic heterocycles. The van der Waals surface area contributed by atoms with Crippen molar-refractivity contribution in [1.82, 2.24) is 0 Å². The predicted molar refractivity (Wildman–Crippen MR) is 151 cm³/mol. The van der Waals surface area contributed by atoms with Crippen LogP contribution in [0.15, 0.2) is 42.5 Å². The number of hydrogen-bond donors (Lipinski definition) is 0. The third-order valence-electron chi connectivity index (χ3n) is 6.52. The Labute approximate surface area is 227 Å². The van der Waals surface area contributed by atoms with Gasteiger partial charge in [-0.25, -0.2) is 0 Å². The fraction of sp³-hybridized carbons (Fsp3) is 0.516. The molecular weight excluding hydrogens is 534 g/mol. The SMILES string of the molecule is CC(C)(C)c1cc(-c2c(C(C)(C)C)ccc3[cH-]c(C(C)(C)C)cc23)cc(C(C)(C)C)c1.[Cl][Zr][Cl]. The summed E-state index contributed by atoms with van der Waals surface area (Å²) in [6, 6.07) is 16.8. The van der Waals surface area contributed by atoms with Crippen LogP contribution in [0.25, 0.3) is 21.9 Å². The average Bonchev–Trinajstić information content (AvgIpc) is 3.10. The van der Waals surface area contributed by atoms with Gasteiger partial charge in [-0.2, -0.15) is 6.07 Å². The van der Waals surface area contributed by atoms with Crippen LogP contribution in [-0.2, 0) is 42.5 Å². The van der Waals surface area contributed by atoms with E-state index >= 15 is 0 Å². The van der Waals surface area contributed by atoms with Crippen LogP contribution in [0, 0.1) is 0 Å². The maximum atomic E-state index is 4.93. The van der Waals surface area contributed by atoms with Crippen LogP contribution >= 0.6 is 17.0 Å². The van der Waals surface area contributed by atoms with E-state index in [2.05, 4.69) is 126 Å². The van der Waals surface area contributed by atoms with Crippen LogP contribution in [0.3, 0.4) is 0 Å². The van der Waals surface area contributed by atoms with E-state index in [0.717, 1.165) is 0 Å². The van der Waals surface area contributed by atoms with Crippen LogP contribution in [0.4, 0.5) is 0 Å². The molecule has 0 bridgehead atoms. The predicted octanol–water partition coefficient (Wildman–Crippen LogP) is 10.8. The monoisotopic (exact) mass is 575 g/mol. The molecule has 0 aromatic heterocycles. The summed E-state index contributed by atoms with van der Waals surface area (Å²) in [7, 11) is 9.87. The minimum atomic E-state index is -0.826. The molecule has 186 valence electrons. The Kier molecular flexibility index (Phi) is 9.17. The van der Waals surface area contributed by atoms with Crippen molar-refractivity contribution in [3.63, 3.8) is 0 Å². The molecule has 0 aliphatic rings. The third-order valence-corrected chi connectivity index (χ3v) is 6.52. The van der Waals surface area contributed by atoms with E-state index in [1.165, 1.54) is 44.2 Å². The van der Waals surface area contributed by atoms with Crippen molar-refractivity contribution < 1.29 is 20.8 Å². The Morgan fingerprint density at radius 2 is 1.09 bits per heavy atom. The average molecular weight is 578 g/mol. The normalized spacial score (nSPS) is 13.0. The zero-order valence-electron chi connectivity index (χ0n) is 23.3. The Morgan fingerprint density at radius 3 is 1.47 bits per heavy atom. The number of halogens is 2. The van der Waals surface area contributed by atoms with Crippen LogP contribution in [0.2, 0.25) is 0 Å². The minimum absolute atomic E-state index is 0.0717. The molecule has 3 aromatic rings. The summed E-state index contributed by atoms with van der Waals surface area (Å²) in [5.74, 6) is 0. The van der Waals surface area contributed by atoms with Gasteiger partial charge in [0.15, 0.2) is 0 Å². The van der Waals surface area contributed by atoms with Gasteiger partial charge in [0.25, 0.3) is 0 Å². The van der Waals surface area contributed by atoms with Crippen molar-refractivity contribution in [2.45, 2.75) is 105 Å². The summed E-state index contributed by atoms with van der Waals surface area (Å²) in [5.41, 5.74) is 8.86. The summed E-state index contributed by atoms with van der Waals surface area (Å²) in [5, 5.41) is 2.75. The first-order valence-corrected chi connectivity index (χ1v) is 18.5. The van der Waals surface area contributed by atoms with E-state index in [4.69, 9.17) is 17.0 Å². The van der Waals surface area contributed by atoms with Crippen molar-refractivity contribution in [3.8, 4) is 11.1 Å². The molecule has 0 saturated heterocycles. The van der Waals surface area contributed by atoms with E-state index in [-0.39, 0.29) is 21.7 Å². The van der Waals surface area contributed by atoms with E-state index < -0.39 is 20.8 Å². The van der Waals surface area contributed by atoms with Crippen LogP contribution in [0.1, 0.15) is 105 Å². The number of rotatable bonds is 1. The first kappa shape index (κ1) is 29.7. The fourth-order valence-corrected chi connectivity index (χ4v) is 4.29. The van der Waals surface area contributed by atoms with Crippen molar-refractivity contribution in [1.29, 1.82) is 0 Å². The molecule has 0 aliphatic carbocycles. The van der Waals surface area contributed by atoms with Gasteiger partial charge in [-0.1, -0.05) is 112 Å². The second-order valence-electron chi connectivity index (χ2n) is 13.6. The van der Waals surface area contributed by atoms with Crippen molar-refractivity contribution in [2.75, 3.05) is 0 Å². The van der Waals surface area contributed by atoms with Crippen LogP contribution in [-0.4, -0.2) is 0 Å². The molecule has 3 rings (SSSR count). The zero-order chi connectivity index (χ0) is 26.3. The summed E-state index contributed by atoms with van der Waals surface area (Å²) in [6.07, 6.45) is 0. The molecule has 34 heavy (non-hydrogen) atoms. The maximum absolute atomic E-state index is 4.93. The molecule has 0 N–H and O–H groups in total. The van der Waals surface area contributed by atoms with Gasteiger partial charge in [-0.05, 0) is 38.4 Å². The van der Waals surface area contributed by atoms with Gasteiger partial charge in [0.05, 0.1) is 0 Å². The number of hydrogen-bond acceptors (Lipinski definition) is 0. The molecule has 0 nitrogen and oxygen atoms in total. The van der Waals surface area contributed by atoms with Gasteiger partial charge in [0, 0.05) is 0 Å². The third kappa shape index (κ3) is 7.05. The first-order valence-electron chi connectivity index (χ1n) is 12.2. The molecule has 0 amide bonds. The second kappa shape index (κ2) is 10.5. The molecule has 0 unspecified atom stereocenters. The number of benzene rings is 2. The molecule has 0 radical (unpaired) electrons. The number of fused-ring (bicyclic) bond motifs is 1. The first-order chi connectivity index (χ1) is 15.3. The molecule has 0 saturated carbocycles. The summed E-state index contributed by atoms with van der Waals surface area (Å²) in [4.78, 5) is 0. The van der Waals surface area contributed by atoms with E-state index in [1.807, 2.05) is 0 Å². The topological polar surface area (TPSA) is 0 Å². The molecule has 0 atom stereocenters. The Morgan fingerprint density at radius 1 is 0.618 bits per heavy atom. The standard InChI is InChI=1S/C31H43.2ClH.Zr/c1-28(2,3)22-16-21(17-23(18-22)29(4,5)6)27-25-19-24(30(7,8)9)15-20(25)13-14-26(27)31(10,11)12;;;/h13-19H,1-12H3;2*1H;/q-1;;;+2/p-2. The molecule has 3 heteroatoms. The van der Waals surface area contributed by atoms with E-state index in [1.54, 1.807) is 0 Å². The second-order valence-corrected chi connectivity index (χ2v) is 17.3. The molecule has 0 spiro atoms. The Bertz CT molecular complexity index is 1090. The van der Waals surface area contributed by atoms with E-state index in [0.29, 0.717) is 0 Å².